The van der Waals surface area contributed by atoms with Crippen LogP contribution in [0.4, 0.5) is 5.82 Å². The summed E-state index contributed by atoms with van der Waals surface area (Å²) in [6.07, 6.45) is 1.51. The smallest absolute Gasteiger partial charge is 0.238 e. The Morgan fingerprint density at radius 2 is 2.00 bits per heavy atom. The predicted molar refractivity (Wildman–Crippen MR) is 123 cm³/mol. The summed E-state index contributed by atoms with van der Waals surface area (Å²) in [5.74, 6) is 1.27. The number of nitrogens with two attached hydrogens (primary N) is 2. The number of rotatable bonds is 6. The Morgan fingerprint density at radius 1 is 1.21 bits per heavy atom. The molecule has 0 radical (unpaired) electrons. The number of hydrogen-bond donors (Lipinski definition) is 2. The summed E-state index contributed by atoms with van der Waals surface area (Å²) in [6, 6.07) is 13.5. The molecule has 0 bridgehead atoms. The summed E-state index contributed by atoms with van der Waals surface area (Å²) in [5, 5.41) is 9.39. The molecule has 4 rings (SSSR count). The molecule has 1 amide bonds. The first-order valence-electron chi connectivity index (χ1n) is 10.5. The van der Waals surface area contributed by atoms with Crippen LogP contribution in [0.15, 0.2) is 48.7 Å². The highest BCUT2D eigenvalue weighted by molar-refractivity contribution is 5.81. The molecule has 3 heterocycles. The maximum atomic E-state index is 11.4. The number of aryl methyl sites for hydroxylation is 1. The summed E-state index contributed by atoms with van der Waals surface area (Å²) >= 11 is 0. The molecule has 2 aromatic heterocycles. The third-order valence-electron chi connectivity index (χ3n) is 5.31. The van der Waals surface area contributed by atoms with Gasteiger partial charge in [-0.25, -0.2) is 4.98 Å². The number of hydrogen-bond acceptors (Lipinski definition) is 8. The van der Waals surface area contributed by atoms with Crippen LogP contribution in [0.1, 0.15) is 22.9 Å². The van der Waals surface area contributed by atoms with Crippen molar-refractivity contribution in [1.29, 1.82) is 5.26 Å². The van der Waals surface area contributed by atoms with E-state index in [1.807, 2.05) is 19.1 Å². The van der Waals surface area contributed by atoms with E-state index in [-0.39, 0.29) is 0 Å². The van der Waals surface area contributed by atoms with Gasteiger partial charge in [-0.15, -0.1) is 0 Å². The molecule has 9 heteroatoms. The van der Waals surface area contributed by atoms with Crippen LogP contribution in [0, 0.1) is 18.3 Å². The van der Waals surface area contributed by atoms with E-state index in [9.17, 15) is 10.1 Å². The monoisotopic (exact) mass is 444 g/mol. The molecule has 33 heavy (non-hydrogen) atoms. The number of aromatic nitrogens is 2. The van der Waals surface area contributed by atoms with Crippen molar-refractivity contribution in [3.8, 4) is 28.8 Å². The fraction of sp³-hybridized carbons (Fsp3) is 0.250. The molecule has 1 fully saturated rings. The number of primary amides is 1. The fourth-order valence-electron chi connectivity index (χ4n) is 3.56. The lowest BCUT2D eigenvalue weighted by atomic mass is 10.0. The number of ether oxygens (including phenoxy) is 2. The standard InChI is InChI=1S/C24H24N6O3/c1-15-10-18(12-22(29-15)30-6-8-32-9-7-30)33-21-11-16(13-25)2-4-19(21)20-5-3-17(14-28-20)23(26)24(27)31/h2-5,10-12,14,23H,6-9,26H2,1H3,(H2,27,31). The maximum absolute atomic E-state index is 11.4. The van der Waals surface area contributed by atoms with Crippen LogP contribution in [-0.4, -0.2) is 42.2 Å². The Labute approximate surface area is 191 Å². The summed E-state index contributed by atoms with van der Waals surface area (Å²) in [6.45, 7) is 4.73. The Balaban J connectivity index is 1.68. The van der Waals surface area contributed by atoms with Crippen LogP contribution in [0.5, 0.6) is 11.5 Å². The zero-order valence-electron chi connectivity index (χ0n) is 18.2. The average molecular weight is 444 g/mol. The fourth-order valence-corrected chi connectivity index (χ4v) is 3.56. The van der Waals surface area contributed by atoms with Gasteiger partial charge in [-0.1, -0.05) is 6.07 Å². The number of nitriles is 1. The summed E-state index contributed by atoms with van der Waals surface area (Å²) in [4.78, 5) is 22.6. The molecule has 168 valence electrons. The molecule has 0 spiro atoms. The van der Waals surface area contributed by atoms with Crippen LogP contribution in [0.2, 0.25) is 0 Å². The van der Waals surface area contributed by atoms with Crippen molar-refractivity contribution >= 4 is 11.7 Å². The number of nitrogens with zero attached hydrogens (tertiary/aromatic N) is 4. The second-order valence-electron chi connectivity index (χ2n) is 7.68. The van der Waals surface area contributed by atoms with Gasteiger partial charge < -0.3 is 25.8 Å². The Hall–Kier alpha value is -4.00. The van der Waals surface area contributed by atoms with Crippen LogP contribution < -0.4 is 21.1 Å². The molecule has 9 nitrogen and oxygen atoms in total. The van der Waals surface area contributed by atoms with Crippen LogP contribution in [0.25, 0.3) is 11.3 Å². The van der Waals surface area contributed by atoms with Gasteiger partial charge in [0.1, 0.15) is 23.4 Å². The maximum Gasteiger partial charge on any atom is 0.238 e. The van der Waals surface area contributed by atoms with Crippen LogP contribution >= 0.6 is 0 Å². The van der Waals surface area contributed by atoms with Crippen molar-refractivity contribution in [3.63, 3.8) is 0 Å². The minimum Gasteiger partial charge on any atom is -0.456 e. The average Bonchev–Trinajstić information content (AvgIpc) is 2.84. The van der Waals surface area contributed by atoms with Gasteiger partial charge in [-0.2, -0.15) is 5.26 Å². The lowest BCUT2D eigenvalue weighted by Gasteiger charge is -2.28. The molecule has 0 aliphatic carbocycles. The van der Waals surface area contributed by atoms with E-state index >= 15 is 0 Å². The van der Waals surface area contributed by atoms with E-state index in [1.165, 1.54) is 6.20 Å². The lowest BCUT2D eigenvalue weighted by Crippen LogP contribution is -2.36. The lowest BCUT2D eigenvalue weighted by molar-refractivity contribution is -0.119. The van der Waals surface area contributed by atoms with Gasteiger partial charge in [-0.3, -0.25) is 9.78 Å². The first kappa shape index (κ1) is 22.2. The molecule has 1 aliphatic heterocycles. The van der Waals surface area contributed by atoms with Crippen LogP contribution in [0.3, 0.4) is 0 Å². The quantitative estimate of drug-likeness (QED) is 0.591. The molecule has 3 aromatic rings. The highest BCUT2D eigenvalue weighted by atomic mass is 16.5. The van der Waals surface area contributed by atoms with Gasteiger partial charge in [0.15, 0.2) is 0 Å². The normalized spacial score (nSPS) is 14.4. The largest absolute Gasteiger partial charge is 0.456 e. The summed E-state index contributed by atoms with van der Waals surface area (Å²) in [7, 11) is 0. The van der Waals surface area contributed by atoms with Gasteiger partial charge in [0.25, 0.3) is 0 Å². The highest BCUT2D eigenvalue weighted by Crippen LogP contribution is 2.35. The van der Waals surface area contributed by atoms with Crippen molar-refractivity contribution in [2.24, 2.45) is 11.5 Å². The number of benzene rings is 1. The zero-order valence-corrected chi connectivity index (χ0v) is 18.2. The second-order valence-corrected chi connectivity index (χ2v) is 7.68. The minimum atomic E-state index is -0.929. The predicted octanol–water partition coefficient (Wildman–Crippen LogP) is 2.44. The Kier molecular flexibility index (Phi) is 6.49. The molecule has 1 atom stereocenters. The van der Waals surface area contributed by atoms with E-state index in [0.717, 1.165) is 24.6 Å². The first-order valence-corrected chi connectivity index (χ1v) is 10.5. The second kappa shape index (κ2) is 9.65. The SMILES string of the molecule is Cc1cc(Oc2cc(C#N)ccc2-c2ccc(C(N)C(N)=O)cn2)cc(N2CCOCC2)n1. The Morgan fingerprint density at radius 3 is 2.67 bits per heavy atom. The van der Waals surface area contributed by atoms with E-state index in [0.29, 0.717) is 47.1 Å². The molecular weight excluding hydrogens is 420 g/mol. The van der Waals surface area contributed by atoms with Gasteiger partial charge in [0.2, 0.25) is 5.91 Å². The minimum absolute atomic E-state index is 0.459. The molecule has 1 aliphatic rings. The van der Waals surface area contributed by atoms with E-state index in [4.69, 9.17) is 20.9 Å². The van der Waals surface area contributed by atoms with Crippen molar-refractivity contribution in [2.75, 3.05) is 31.2 Å². The van der Waals surface area contributed by atoms with Crippen molar-refractivity contribution in [2.45, 2.75) is 13.0 Å². The van der Waals surface area contributed by atoms with Crippen molar-refractivity contribution in [1.82, 2.24) is 9.97 Å². The molecule has 1 aromatic carbocycles. The van der Waals surface area contributed by atoms with E-state index in [1.54, 1.807) is 30.3 Å². The number of amides is 1. The topological polar surface area (TPSA) is 140 Å². The van der Waals surface area contributed by atoms with Gasteiger partial charge in [-0.05, 0) is 36.8 Å². The summed E-state index contributed by atoms with van der Waals surface area (Å²) < 4.78 is 11.7. The number of morpholine rings is 1. The van der Waals surface area contributed by atoms with E-state index in [2.05, 4.69) is 20.9 Å². The van der Waals surface area contributed by atoms with Crippen molar-refractivity contribution in [3.05, 3.63) is 65.5 Å². The van der Waals surface area contributed by atoms with Crippen molar-refractivity contribution < 1.29 is 14.3 Å². The molecular formula is C24H24N6O3. The molecule has 1 saturated heterocycles. The molecule has 1 unspecified atom stereocenters. The number of anilines is 1. The zero-order chi connectivity index (χ0) is 23.4. The highest BCUT2D eigenvalue weighted by Gasteiger charge is 2.17. The Bertz CT molecular complexity index is 1200. The third-order valence-corrected chi connectivity index (χ3v) is 5.31. The van der Waals surface area contributed by atoms with E-state index < -0.39 is 11.9 Å². The number of carbonyl (C=O) groups excluding carboxylic acids is 1. The summed E-state index contributed by atoms with van der Waals surface area (Å²) in [5.41, 5.74) is 14.2. The van der Waals surface area contributed by atoms with Gasteiger partial charge >= 0.3 is 0 Å². The van der Waals surface area contributed by atoms with Gasteiger partial charge in [0.05, 0.1) is 30.5 Å². The third kappa shape index (κ3) is 5.09. The van der Waals surface area contributed by atoms with Gasteiger partial charge in [0, 0.05) is 42.7 Å². The number of pyridine rings is 2. The van der Waals surface area contributed by atoms with Crippen LogP contribution in [-0.2, 0) is 9.53 Å². The molecule has 4 N–H and O–H groups in total. The number of carbonyl (C=O) groups is 1. The first-order chi connectivity index (χ1) is 15.9. The molecule has 0 saturated carbocycles.